The zero-order valence-electron chi connectivity index (χ0n) is 11.1. The van der Waals surface area contributed by atoms with Gasteiger partial charge in [0.1, 0.15) is 0 Å². The fourth-order valence-corrected chi connectivity index (χ4v) is 4.01. The van der Waals surface area contributed by atoms with Crippen LogP contribution in [0.15, 0.2) is 24.3 Å². The maximum absolute atomic E-state index is 12.4. The van der Waals surface area contributed by atoms with Crippen molar-refractivity contribution in [2.45, 2.75) is 49.4 Å². The van der Waals surface area contributed by atoms with Crippen LogP contribution in [0.5, 0.6) is 0 Å². The average molecular weight is 322 g/mol. The van der Waals surface area contributed by atoms with Crippen LogP contribution < -0.4 is 5.32 Å². The number of hydrogen-bond donors (Lipinski definition) is 1. The van der Waals surface area contributed by atoms with Gasteiger partial charge in [0.25, 0.3) is 0 Å². The molecule has 0 saturated heterocycles. The van der Waals surface area contributed by atoms with Crippen molar-refractivity contribution in [3.63, 3.8) is 0 Å². The molecule has 2 aliphatic rings. The SMILES string of the molecule is O=C(NC1CCCCC1Br)C1Cc2ccccc2C1. The molecular formula is C16H20BrNO. The normalized spacial score (nSPS) is 27.0. The lowest BCUT2D eigenvalue weighted by atomic mass is 9.94. The Kier molecular flexibility index (Phi) is 3.92. The Bertz CT molecular complexity index is 449. The summed E-state index contributed by atoms with van der Waals surface area (Å²) in [5.41, 5.74) is 2.70. The Morgan fingerprint density at radius 1 is 1.11 bits per heavy atom. The second kappa shape index (κ2) is 5.66. The molecule has 3 rings (SSSR count). The van der Waals surface area contributed by atoms with Crippen LogP contribution in [0.2, 0.25) is 0 Å². The molecule has 1 N–H and O–H groups in total. The quantitative estimate of drug-likeness (QED) is 0.832. The number of alkyl halides is 1. The van der Waals surface area contributed by atoms with Crippen molar-refractivity contribution in [2.24, 2.45) is 5.92 Å². The largest absolute Gasteiger partial charge is 0.352 e. The summed E-state index contributed by atoms with van der Waals surface area (Å²) in [7, 11) is 0. The summed E-state index contributed by atoms with van der Waals surface area (Å²) < 4.78 is 0. The number of rotatable bonds is 2. The molecule has 1 fully saturated rings. The summed E-state index contributed by atoms with van der Waals surface area (Å²) in [6.07, 6.45) is 6.61. The number of fused-ring (bicyclic) bond motifs is 1. The molecule has 0 spiro atoms. The van der Waals surface area contributed by atoms with E-state index >= 15 is 0 Å². The number of amides is 1. The molecule has 1 aromatic carbocycles. The van der Waals surface area contributed by atoms with Crippen LogP contribution in [0, 0.1) is 5.92 Å². The molecule has 2 aliphatic carbocycles. The van der Waals surface area contributed by atoms with E-state index in [2.05, 4.69) is 45.5 Å². The van der Waals surface area contributed by atoms with E-state index in [0.717, 1.165) is 19.3 Å². The number of carbonyl (C=O) groups excluding carboxylic acids is 1. The minimum absolute atomic E-state index is 0.138. The van der Waals surface area contributed by atoms with Crippen LogP contribution in [0.3, 0.4) is 0 Å². The molecule has 0 aromatic heterocycles. The molecule has 0 bridgehead atoms. The summed E-state index contributed by atoms with van der Waals surface area (Å²) in [4.78, 5) is 12.8. The van der Waals surface area contributed by atoms with Crippen LogP contribution in [0.25, 0.3) is 0 Å². The third-order valence-corrected chi connectivity index (χ3v) is 5.53. The third kappa shape index (κ3) is 2.86. The molecule has 1 aromatic rings. The highest BCUT2D eigenvalue weighted by Gasteiger charge is 2.30. The summed E-state index contributed by atoms with van der Waals surface area (Å²) in [5.74, 6) is 0.381. The van der Waals surface area contributed by atoms with Gasteiger partial charge in [0.2, 0.25) is 5.91 Å². The fourth-order valence-electron chi connectivity index (χ4n) is 3.29. The molecule has 2 nitrogen and oxygen atoms in total. The van der Waals surface area contributed by atoms with Gasteiger partial charge in [-0.15, -0.1) is 0 Å². The average Bonchev–Trinajstić information content (AvgIpc) is 2.85. The van der Waals surface area contributed by atoms with E-state index in [0.29, 0.717) is 10.9 Å². The van der Waals surface area contributed by atoms with Gasteiger partial charge in [0.05, 0.1) is 0 Å². The molecule has 102 valence electrons. The summed E-state index contributed by atoms with van der Waals surface area (Å²) in [6.45, 7) is 0. The number of halogens is 1. The van der Waals surface area contributed by atoms with Crippen molar-refractivity contribution in [2.75, 3.05) is 0 Å². The molecule has 1 amide bonds. The van der Waals surface area contributed by atoms with E-state index in [-0.39, 0.29) is 11.8 Å². The smallest absolute Gasteiger partial charge is 0.224 e. The van der Waals surface area contributed by atoms with Crippen LogP contribution in [-0.2, 0) is 17.6 Å². The first kappa shape index (κ1) is 13.2. The van der Waals surface area contributed by atoms with Crippen molar-refractivity contribution in [3.8, 4) is 0 Å². The topological polar surface area (TPSA) is 29.1 Å². The van der Waals surface area contributed by atoms with Gasteiger partial charge < -0.3 is 5.32 Å². The number of benzene rings is 1. The zero-order chi connectivity index (χ0) is 13.2. The van der Waals surface area contributed by atoms with Crippen molar-refractivity contribution < 1.29 is 4.79 Å². The van der Waals surface area contributed by atoms with Gasteiger partial charge in [0, 0.05) is 16.8 Å². The fraction of sp³-hybridized carbons (Fsp3) is 0.562. The molecule has 0 heterocycles. The summed E-state index contributed by atoms with van der Waals surface area (Å²) >= 11 is 3.71. The van der Waals surface area contributed by atoms with E-state index in [1.807, 2.05) is 0 Å². The molecular weight excluding hydrogens is 302 g/mol. The van der Waals surface area contributed by atoms with Crippen molar-refractivity contribution in [3.05, 3.63) is 35.4 Å². The standard InChI is InChI=1S/C16H20BrNO/c17-14-7-3-4-8-15(14)18-16(19)13-9-11-5-1-2-6-12(11)10-13/h1-2,5-6,13-15H,3-4,7-10H2,(H,18,19). The lowest BCUT2D eigenvalue weighted by Crippen LogP contribution is -2.45. The number of carbonyl (C=O) groups is 1. The van der Waals surface area contributed by atoms with Gasteiger partial charge in [-0.25, -0.2) is 0 Å². The van der Waals surface area contributed by atoms with Gasteiger partial charge in [-0.2, -0.15) is 0 Å². The first-order valence-electron chi connectivity index (χ1n) is 7.25. The molecule has 1 saturated carbocycles. The van der Waals surface area contributed by atoms with Gasteiger partial charge in [-0.3, -0.25) is 4.79 Å². The van der Waals surface area contributed by atoms with E-state index in [4.69, 9.17) is 0 Å². The summed E-state index contributed by atoms with van der Waals surface area (Å²) in [5, 5.41) is 3.26. The van der Waals surface area contributed by atoms with Crippen molar-refractivity contribution in [1.29, 1.82) is 0 Å². The lowest BCUT2D eigenvalue weighted by molar-refractivity contribution is -0.125. The van der Waals surface area contributed by atoms with Crippen LogP contribution in [-0.4, -0.2) is 16.8 Å². The van der Waals surface area contributed by atoms with Crippen molar-refractivity contribution >= 4 is 21.8 Å². The highest BCUT2D eigenvalue weighted by atomic mass is 79.9. The van der Waals surface area contributed by atoms with E-state index in [1.165, 1.54) is 30.4 Å². The predicted molar refractivity (Wildman–Crippen MR) is 80.5 cm³/mol. The Morgan fingerprint density at radius 2 is 1.74 bits per heavy atom. The van der Waals surface area contributed by atoms with Gasteiger partial charge in [-0.1, -0.05) is 53.0 Å². The zero-order valence-corrected chi connectivity index (χ0v) is 12.7. The Hall–Kier alpha value is -0.830. The minimum Gasteiger partial charge on any atom is -0.352 e. The second-order valence-electron chi connectivity index (χ2n) is 5.79. The van der Waals surface area contributed by atoms with Crippen molar-refractivity contribution in [1.82, 2.24) is 5.32 Å². The number of nitrogens with one attached hydrogen (secondary N) is 1. The summed E-state index contributed by atoms with van der Waals surface area (Å²) in [6, 6.07) is 8.75. The van der Waals surface area contributed by atoms with Crippen LogP contribution >= 0.6 is 15.9 Å². The second-order valence-corrected chi connectivity index (χ2v) is 6.97. The predicted octanol–water partition coefficient (Wildman–Crippen LogP) is 3.22. The first-order chi connectivity index (χ1) is 9.24. The Balaban J connectivity index is 1.60. The highest BCUT2D eigenvalue weighted by Crippen LogP contribution is 2.28. The van der Waals surface area contributed by atoms with Gasteiger partial charge in [0.15, 0.2) is 0 Å². The van der Waals surface area contributed by atoms with E-state index in [9.17, 15) is 4.79 Å². The maximum atomic E-state index is 12.4. The first-order valence-corrected chi connectivity index (χ1v) is 8.17. The highest BCUT2D eigenvalue weighted by molar-refractivity contribution is 9.09. The lowest BCUT2D eigenvalue weighted by Gasteiger charge is -2.29. The van der Waals surface area contributed by atoms with Crippen LogP contribution in [0.1, 0.15) is 36.8 Å². The van der Waals surface area contributed by atoms with Gasteiger partial charge >= 0.3 is 0 Å². The Morgan fingerprint density at radius 3 is 2.37 bits per heavy atom. The van der Waals surface area contributed by atoms with Crippen LogP contribution in [0.4, 0.5) is 0 Å². The maximum Gasteiger partial charge on any atom is 0.224 e. The molecule has 0 aliphatic heterocycles. The number of hydrogen-bond acceptors (Lipinski definition) is 1. The molecule has 2 unspecified atom stereocenters. The Labute approximate surface area is 123 Å². The van der Waals surface area contributed by atoms with E-state index < -0.39 is 0 Å². The third-order valence-electron chi connectivity index (χ3n) is 4.43. The molecule has 0 radical (unpaired) electrons. The minimum atomic E-state index is 0.138. The van der Waals surface area contributed by atoms with Gasteiger partial charge in [-0.05, 0) is 36.8 Å². The monoisotopic (exact) mass is 321 g/mol. The molecule has 2 atom stereocenters. The molecule has 19 heavy (non-hydrogen) atoms. The van der Waals surface area contributed by atoms with E-state index in [1.54, 1.807) is 0 Å². The molecule has 3 heteroatoms.